The third-order valence-corrected chi connectivity index (χ3v) is 3.51. The summed E-state index contributed by atoms with van der Waals surface area (Å²) in [6.07, 6.45) is 1.84. The van der Waals surface area contributed by atoms with E-state index >= 15 is 0 Å². The van der Waals surface area contributed by atoms with Gasteiger partial charge in [-0.15, -0.1) is 0 Å². The number of halogens is 1. The molecule has 0 aliphatic heterocycles. The van der Waals surface area contributed by atoms with Crippen LogP contribution in [0.15, 0.2) is 40.8 Å². The van der Waals surface area contributed by atoms with Crippen molar-refractivity contribution in [3.8, 4) is 5.75 Å². The number of hydrazine groups is 1. The summed E-state index contributed by atoms with van der Waals surface area (Å²) in [5, 5.41) is 3.10. The van der Waals surface area contributed by atoms with Crippen molar-refractivity contribution >= 4 is 23.5 Å². The molecule has 0 radical (unpaired) electrons. The lowest BCUT2D eigenvalue weighted by molar-refractivity contribution is 0.0904. The minimum absolute atomic E-state index is 0.0617. The predicted molar refractivity (Wildman–Crippen MR) is 93.4 cm³/mol. The molecule has 0 saturated heterocycles. The van der Waals surface area contributed by atoms with E-state index in [1.165, 1.54) is 6.07 Å². The molecule has 0 bridgehead atoms. The second-order valence-corrected chi connectivity index (χ2v) is 5.58. The van der Waals surface area contributed by atoms with Gasteiger partial charge in [-0.05, 0) is 30.7 Å². The normalized spacial score (nSPS) is 10.2. The summed E-state index contributed by atoms with van der Waals surface area (Å²) < 4.78 is 10.9. The van der Waals surface area contributed by atoms with E-state index < -0.39 is 11.9 Å². The number of amides is 3. The molecule has 25 heavy (non-hydrogen) atoms. The molecule has 0 aliphatic rings. The molecular weight excluding hydrogens is 346 g/mol. The smallest absolute Gasteiger partial charge is 0.333 e. The van der Waals surface area contributed by atoms with Gasteiger partial charge >= 0.3 is 11.9 Å². The van der Waals surface area contributed by atoms with E-state index in [0.717, 1.165) is 12.8 Å². The molecule has 1 aromatic heterocycles. The zero-order valence-corrected chi connectivity index (χ0v) is 14.6. The van der Waals surface area contributed by atoms with Crippen LogP contribution in [0.1, 0.15) is 36.1 Å². The fourth-order valence-corrected chi connectivity index (χ4v) is 2.08. The van der Waals surface area contributed by atoms with Crippen molar-refractivity contribution in [1.82, 2.24) is 16.2 Å². The van der Waals surface area contributed by atoms with Gasteiger partial charge in [-0.3, -0.25) is 10.2 Å². The molecule has 0 spiro atoms. The molecule has 2 aromatic rings. The van der Waals surface area contributed by atoms with Gasteiger partial charge in [0, 0.05) is 6.54 Å². The molecule has 0 aliphatic carbocycles. The van der Waals surface area contributed by atoms with Crippen molar-refractivity contribution in [1.29, 1.82) is 0 Å². The van der Waals surface area contributed by atoms with Crippen LogP contribution >= 0.6 is 11.6 Å². The number of carbonyl (C=O) groups is 2. The Hall–Kier alpha value is -2.67. The van der Waals surface area contributed by atoms with Gasteiger partial charge in [0.25, 0.3) is 0 Å². The van der Waals surface area contributed by atoms with Crippen LogP contribution in [-0.2, 0) is 6.61 Å². The van der Waals surface area contributed by atoms with E-state index in [9.17, 15) is 9.59 Å². The molecule has 0 atom stereocenters. The molecule has 7 nitrogen and oxygen atoms in total. The van der Waals surface area contributed by atoms with E-state index in [1.54, 1.807) is 30.3 Å². The van der Waals surface area contributed by atoms with Gasteiger partial charge in [0.2, 0.25) is 0 Å². The largest absolute Gasteiger partial charge is 0.484 e. The van der Waals surface area contributed by atoms with Gasteiger partial charge in [-0.25, -0.2) is 10.2 Å². The van der Waals surface area contributed by atoms with Crippen molar-refractivity contribution in [2.75, 3.05) is 6.54 Å². The van der Waals surface area contributed by atoms with Crippen LogP contribution in [0.5, 0.6) is 5.75 Å². The van der Waals surface area contributed by atoms with Crippen LogP contribution < -0.4 is 20.9 Å². The second-order valence-electron chi connectivity index (χ2n) is 5.17. The van der Waals surface area contributed by atoms with Crippen molar-refractivity contribution in [3.63, 3.8) is 0 Å². The van der Waals surface area contributed by atoms with Crippen LogP contribution in [0, 0.1) is 0 Å². The van der Waals surface area contributed by atoms with Gasteiger partial charge in [-0.2, -0.15) is 0 Å². The van der Waals surface area contributed by atoms with Crippen LogP contribution in [0.25, 0.3) is 0 Å². The van der Waals surface area contributed by atoms with Gasteiger partial charge in [0.15, 0.2) is 5.76 Å². The number of hydrogen-bond acceptors (Lipinski definition) is 4. The highest BCUT2D eigenvalue weighted by atomic mass is 35.5. The third kappa shape index (κ3) is 6.04. The first-order chi connectivity index (χ1) is 12.1. The Bertz CT molecular complexity index is 717. The number of carbonyl (C=O) groups excluding carboxylic acids is 2. The SMILES string of the molecule is CCCCNC(=O)NNC(=O)c1ccc(COc2ccccc2Cl)o1. The Morgan fingerprint density at radius 3 is 2.72 bits per heavy atom. The van der Waals surface area contributed by atoms with E-state index in [1.807, 2.05) is 6.92 Å². The van der Waals surface area contributed by atoms with E-state index in [4.69, 9.17) is 20.8 Å². The maximum absolute atomic E-state index is 11.9. The maximum Gasteiger partial charge on any atom is 0.333 e. The van der Waals surface area contributed by atoms with Crippen LogP contribution in [-0.4, -0.2) is 18.5 Å². The number of para-hydroxylation sites is 1. The summed E-state index contributed by atoms with van der Waals surface area (Å²) >= 11 is 6.00. The summed E-state index contributed by atoms with van der Waals surface area (Å²) in [6.45, 7) is 2.69. The molecular formula is C17H20ClN3O4. The van der Waals surface area contributed by atoms with E-state index in [-0.39, 0.29) is 12.4 Å². The van der Waals surface area contributed by atoms with Gasteiger partial charge in [0.1, 0.15) is 18.1 Å². The Balaban J connectivity index is 1.79. The molecule has 3 N–H and O–H groups in total. The summed E-state index contributed by atoms with van der Waals surface area (Å²) in [6, 6.07) is 9.70. The van der Waals surface area contributed by atoms with E-state index in [0.29, 0.717) is 23.1 Å². The molecule has 1 heterocycles. The second kappa shape index (κ2) is 9.58. The topological polar surface area (TPSA) is 92.6 Å². The van der Waals surface area contributed by atoms with Crippen molar-refractivity contribution < 1.29 is 18.7 Å². The van der Waals surface area contributed by atoms with Crippen LogP contribution in [0.2, 0.25) is 5.02 Å². The summed E-state index contributed by atoms with van der Waals surface area (Å²) in [5.41, 5.74) is 4.52. The summed E-state index contributed by atoms with van der Waals surface area (Å²) in [5.74, 6) is 0.482. The van der Waals surface area contributed by atoms with Crippen molar-refractivity contribution in [3.05, 3.63) is 52.9 Å². The first-order valence-corrected chi connectivity index (χ1v) is 8.28. The number of rotatable bonds is 7. The molecule has 0 saturated carbocycles. The number of urea groups is 1. The van der Waals surface area contributed by atoms with Gasteiger partial charge in [0.05, 0.1) is 5.02 Å². The highest BCUT2D eigenvalue weighted by molar-refractivity contribution is 6.32. The lowest BCUT2D eigenvalue weighted by Gasteiger charge is -2.07. The first-order valence-electron chi connectivity index (χ1n) is 7.90. The monoisotopic (exact) mass is 365 g/mol. The standard InChI is InChI=1S/C17H20ClN3O4/c1-2-3-10-19-17(23)21-20-16(22)15-9-8-12(25-15)11-24-14-7-5-4-6-13(14)18/h4-9H,2-3,10-11H2,1H3,(H,20,22)(H2,19,21,23). The van der Waals surface area contributed by atoms with Crippen molar-refractivity contribution in [2.45, 2.75) is 26.4 Å². The number of nitrogens with one attached hydrogen (secondary N) is 3. The number of hydrogen-bond donors (Lipinski definition) is 3. The van der Waals surface area contributed by atoms with Crippen LogP contribution in [0.3, 0.4) is 0 Å². The third-order valence-electron chi connectivity index (χ3n) is 3.20. The Labute approximate surface area is 150 Å². The zero-order valence-electron chi connectivity index (χ0n) is 13.8. The molecule has 0 fully saturated rings. The lowest BCUT2D eigenvalue weighted by atomic mass is 10.3. The fraction of sp³-hybridized carbons (Fsp3) is 0.294. The van der Waals surface area contributed by atoms with Crippen molar-refractivity contribution in [2.24, 2.45) is 0 Å². The number of benzene rings is 1. The quantitative estimate of drug-likeness (QED) is 0.518. The average Bonchev–Trinajstić information content (AvgIpc) is 3.08. The Kier molecular flexibility index (Phi) is 7.16. The van der Waals surface area contributed by atoms with Gasteiger partial charge in [-0.1, -0.05) is 37.1 Å². The molecule has 2 rings (SSSR count). The number of unbranched alkanes of at least 4 members (excludes halogenated alkanes) is 1. The number of ether oxygens (including phenoxy) is 1. The highest BCUT2D eigenvalue weighted by Crippen LogP contribution is 2.24. The minimum atomic E-state index is -0.561. The Morgan fingerprint density at radius 1 is 1.16 bits per heavy atom. The van der Waals surface area contributed by atoms with Crippen LogP contribution in [0.4, 0.5) is 4.79 Å². The lowest BCUT2D eigenvalue weighted by Crippen LogP contribution is -2.47. The first kappa shape index (κ1) is 18.7. The number of furan rings is 1. The molecule has 134 valence electrons. The minimum Gasteiger partial charge on any atom is -0.484 e. The highest BCUT2D eigenvalue weighted by Gasteiger charge is 2.12. The molecule has 1 aromatic carbocycles. The zero-order chi connectivity index (χ0) is 18.1. The summed E-state index contributed by atoms with van der Waals surface area (Å²) in [4.78, 5) is 23.4. The van der Waals surface area contributed by atoms with E-state index in [2.05, 4.69) is 16.2 Å². The Morgan fingerprint density at radius 2 is 1.96 bits per heavy atom. The molecule has 3 amide bonds. The molecule has 8 heteroatoms. The summed E-state index contributed by atoms with van der Waals surface area (Å²) in [7, 11) is 0. The maximum atomic E-state index is 11.9. The van der Waals surface area contributed by atoms with Gasteiger partial charge < -0.3 is 14.5 Å². The predicted octanol–water partition coefficient (Wildman–Crippen LogP) is 3.26. The molecule has 0 unspecified atom stereocenters. The fourth-order valence-electron chi connectivity index (χ4n) is 1.89. The average molecular weight is 366 g/mol.